The summed E-state index contributed by atoms with van der Waals surface area (Å²) >= 11 is 1.55. The molecule has 0 atom stereocenters. The van der Waals surface area contributed by atoms with Crippen LogP contribution in [0.2, 0.25) is 0 Å². The first-order valence-corrected chi connectivity index (χ1v) is 9.90. The number of amides is 1. The summed E-state index contributed by atoms with van der Waals surface area (Å²) in [5.74, 6) is 2.63. The molecule has 2 N–H and O–H groups in total. The van der Waals surface area contributed by atoms with E-state index in [0.717, 1.165) is 36.6 Å². The highest BCUT2D eigenvalue weighted by Gasteiger charge is 2.22. The van der Waals surface area contributed by atoms with E-state index in [9.17, 15) is 4.79 Å². The van der Waals surface area contributed by atoms with E-state index < -0.39 is 0 Å². The topological polar surface area (TPSA) is 97.9 Å². The number of aromatic nitrogens is 4. The first-order chi connectivity index (χ1) is 13.1. The fraction of sp³-hybridized carbons (Fsp3) is 0.444. The van der Waals surface area contributed by atoms with Crippen LogP contribution in [0.3, 0.4) is 0 Å². The molecule has 0 saturated carbocycles. The molecule has 1 fully saturated rings. The summed E-state index contributed by atoms with van der Waals surface area (Å²) in [5.41, 5.74) is 0.636. The van der Waals surface area contributed by atoms with Crippen LogP contribution in [0.15, 0.2) is 21.9 Å². The number of oxazole rings is 1. The molecule has 0 unspecified atom stereocenters. The monoisotopic (exact) mass is 422 g/mol. The number of nitrogens with zero attached hydrogens (tertiary/aromatic N) is 4. The van der Waals surface area contributed by atoms with Crippen LogP contribution >= 0.6 is 23.7 Å². The fourth-order valence-electron chi connectivity index (χ4n) is 3.18. The number of hydrogen-bond acceptors (Lipinski definition) is 7. The molecule has 8 nitrogen and oxygen atoms in total. The van der Waals surface area contributed by atoms with Gasteiger partial charge in [-0.1, -0.05) is 6.07 Å². The molecule has 1 amide bonds. The van der Waals surface area contributed by atoms with E-state index in [0.29, 0.717) is 29.2 Å². The summed E-state index contributed by atoms with van der Waals surface area (Å²) in [4.78, 5) is 22.4. The second kappa shape index (κ2) is 8.85. The molecule has 0 aliphatic carbocycles. The number of thiophene rings is 1. The average Bonchev–Trinajstić information content (AvgIpc) is 3.38. The van der Waals surface area contributed by atoms with Gasteiger partial charge in [0.1, 0.15) is 5.76 Å². The van der Waals surface area contributed by atoms with Gasteiger partial charge in [-0.15, -0.1) is 23.7 Å². The number of nitrogens with one attached hydrogen (secondary N) is 2. The zero-order valence-electron chi connectivity index (χ0n) is 15.8. The van der Waals surface area contributed by atoms with Crippen molar-refractivity contribution in [1.29, 1.82) is 0 Å². The molecular weight excluding hydrogens is 400 g/mol. The van der Waals surface area contributed by atoms with Crippen LogP contribution in [-0.2, 0) is 18.3 Å². The summed E-state index contributed by atoms with van der Waals surface area (Å²) in [7, 11) is 1.80. The van der Waals surface area contributed by atoms with E-state index in [-0.39, 0.29) is 24.7 Å². The van der Waals surface area contributed by atoms with Gasteiger partial charge in [-0.25, -0.2) is 9.67 Å². The van der Waals surface area contributed by atoms with Gasteiger partial charge in [-0.2, -0.15) is 10.1 Å². The zero-order chi connectivity index (χ0) is 18.8. The highest BCUT2D eigenvalue weighted by molar-refractivity contribution is 7.13. The van der Waals surface area contributed by atoms with Crippen molar-refractivity contribution in [3.05, 3.63) is 34.8 Å². The molecule has 0 aromatic carbocycles. The number of anilines is 1. The molecule has 4 heterocycles. The van der Waals surface area contributed by atoms with Crippen molar-refractivity contribution in [2.75, 3.05) is 18.4 Å². The molecule has 3 aromatic heterocycles. The van der Waals surface area contributed by atoms with Crippen molar-refractivity contribution in [3.8, 4) is 10.8 Å². The molecule has 1 saturated heterocycles. The third-order valence-corrected chi connectivity index (χ3v) is 5.55. The summed E-state index contributed by atoms with van der Waals surface area (Å²) in [6.45, 7) is 3.77. The second-order valence-electron chi connectivity index (χ2n) is 6.67. The lowest BCUT2D eigenvalue weighted by molar-refractivity contribution is -0.115. The van der Waals surface area contributed by atoms with Crippen molar-refractivity contribution < 1.29 is 9.21 Å². The van der Waals surface area contributed by atoms with Crippen LogP contribution in [0.25, 0.3) is 10.8 Å². The van der Waals surface area contributed by atoms with Crippen LogP contribution in [0, 0.1) is 6.92 Å². The van der Waals surface area contributed by atoms with Crippen LogP contribution in [-0.4, -0.2) is 38.7 Å². The summed E-state index contributed by atoms with van der Waals surface area (Å²) < 4.78 is 7.32. The Morgan fingerprint density at radius 3 is 2.89 bits per heavy atom. The van der Waals surface area contributed by atoms with Crippen LogP contribution in [0.4, 0.5) is 5.95 Å². The lowest BCUT2D eigenvalue weighted by Crippen LogP contribution is -2.27. The van der Waals surface area contributed by atoms with Gasteiger partial charge in [-0.05, 0) is 44.3 Å². The summed E-state index contributed by atoms with van der Waals surface area (Å²) in [6.07, 6.45) is 2.16. The normalized spacial score (nSPS) is 14.6. The molecule has 28 heavy (non-hydrogen) atoms. The van der Waals surface area contributed by atoms with Crippen molar-refractivity contribution in [2.24, 2.45) is 7.05 Å². The maximum Gasteiger partial charge on any atom is 0.236 e. The molecule has 0 spiro atoms. The molecule has 150 valence electrons. The van der Waals surface area contributed by atoms with E-state index in [1.165, 1.54) is 0 Å². The Labute approximate surface area is 173 Å². The molecule has 3 aromatic rings. The van der Waals surface area contributed by atoms with E-state index in [4.69, 9.17) is 4.42 Å². The molecule has 0 radical (unpaired) electrons. The predicted octanol–water partition coefficient (Wildman–Crippen LogP) is 2.91. The van der Waals surface area contributed by atoms with E-state index in [2.05, 4.69) is 25.7 Å². The fourth-order valence-corrected chi connectivity index (χ4v) is 3.83. The minimum absolute atomic E-state index is 0. The van der Waals surface area contributed by atoms with Crippen LogP contribution in [0.1, 0.15) is 36.0 Å². The Morgan fingerprint density at radius 1 is 1.39 bits per heavy atom. The Kier molecular flexibility index (Phi) is 6.48. The Bertz CT molecular complexity index is 930. The molecule has 1 aliphatic heterocycles. The molecule has 10 heteroatoms. The molecule has 1 aliphatic rings. The van der Waals surface area contributed by atoms with Gasteiger partial charge in [0.25, 0.3) is 0 Å². The Morgan fingerprint density at radius 2 is 2.18 bits per heavy atom. The number of carbonyl (C=O) groups is 1. The zero-order valence-corrected chi connectivity index (χ0v) is 17.4. The van der Waals surface area contributed by atoms with Gasteiger partial charge in [0, 0.05) is 13.0 Å². The molecular formula is C18H23ClN6O2S. The van der Waals surface area contributed by atoms with E-state index >= 15 is 0 Å². The number of carbonyl (C=O) groups excluding carboxylic acids is 1. The number of aryl methyl sites for hydroxylation is 2. The lowest BCUT2D eigenvalue weighted by Gasteiger charge is -2.19. The van der Waals surface area contributed by atoms with Gasteiger partial charge < -0.3 is 9.73 Å². The predicted molar refractivity (Wildman–Crippen MR) is 110 cm³/mol. The van der Waals surface area contributed by atoms with Crippen molar-refractivity contribution >= 4 is 35.6 Å². The maximum absolute atomic E-state index is 12.5. The quantitative estimate of drug-likeness (QED) is 0.656. The van der Waals surface area contributed by atoms with E-state index in [1.807, 2.05) is 24.4 Å². The second-order valence-corrected chi connectivity index (χ2v) is 7.61. The summed E-state index contributed by atoms with van der Waals surface area (Å²) in [5, 5.41) is 12.6. The van der Waals surface area contributed by atoms with Crippen molar-refractivity contribution in [2.45, 2.75) is 32.1 Å². The number of piperidine rings is 1. The Hall–Kier alpha value is -2.23. The minimum Gasteiger partial charge on any atom is -0.440 e. The third-order valence-electron chi connectivity index (χ3n) is 4.69. The minimum atomic E-state index is -0.184. The highest BCUT2D eigenvalue weighted by atomic mass is 35.5. The SMILES string of the molecule is Cc1oc(-c2cccs2)nc1CC(=O)Nc1nc(C2CCNCC2)nn1C.Cl. The van der Waals surface area contributed by atoms with Gasteiger partial charge in [0.15, 0.2) is 5.82 Å². The van der Waals surface area contributed by atoms with Crippen molar-refractivity contribution in [1.82, 2.24) is 25.1 Å². The largest absolute Gasteiger partial charge is 0.440 e. The standard InChI is InChI=1S/C18H22N6O2S.ClH/c1-11-13(20-17(26-11)14-4-3-9-27-14)10-15(25)21-18-22-16(23-24(18)2)12-5-7-19-8-6-12;/h3-4,9,12,19H,5-8,10H2,1-2H3,(H,21,22,23,25);1H. The number of halogens is 1. The van der Waals surface area contributed by atoms with Crippen LogP contribution < -0.4 is 10.6 Å². The van der Waals surface area contributed by atoms with Gasteiger partial charge in [0.2, 0.25) is 17.7 Å². The van der Waals surface area contributed by atoms with Gasteiger partial charge in [-0.3, -0.25) is 10.1 Å². The lowest BCUT2D eigenvalue weighted by atomic mass is 9.98. The average molecular weight is 423 g/mol. The first-order valence-electron chi connectivity index (χ1n) is 9.02. The number of rotatable bonds is 5. The summed E-state index contributed by atoms with van der Waals surface area (Å²) in [6, 6.07) is 3.89. The number of hydrogen-bond donors (Lipinski definition) is 2. The highest BCUT2D eigenvalue weighted by Crippen LogP contribution is 2.26. The van der Waals surface area contributed by atoms with Gasteiger partial charge >= 0.3 is 0 Å². The van der Waals surface area contributed by atoms with E-state index in [1.54, 1.807) is 23.1 Å². The van der Waals surface area contributed by atoms with Crippen molar-refractivity contribution in [3.63, 3.8) is 0 Å². The van der Waals surface area contributed by atoms with Gasteiger partial charge in [0.05, 0.1) is 17.0 Å². The Balaban J connectivity index is 0.00000225. The first kappa shape index (κ1) is 20.5. The maximum atomic E-state index is 12.5. The third kappa shape index (κ3) is 4.43. The molecule has 4 rings (SSSR count). The van der Waals surface area contributed by atoms with Crippen LogP contribution in [0.5, 0.6) is 0 Å². The smallest absolute Gasteiger partial charge is 0.236 e. The molecule has 0 bridgehead atoms.